The molecule has 20 heavy (non-hydrogen) atoms. The van der Waals surface area contributed by atoms with E-state index >= 15 is 0 Å². The van der Waals surface area contributed by atoms with Gasteiger partial charge in [-0.25, -0.2) is 0 Å². The minimum atomic E-state index is -5.68. The zero-order valence-corrected chi connectivity index (χ0v) is 11.2. The fourth-order valence-electron chi connectivity index (χ4n) is 1.95. The van der Waals surface area contributed by atoms with Crippen LogP contribution < -0.4 is 0 Å². The van der Waals surface area contributed by atoms with Crippen molar-refractivity contribution in [2.75, 3.05) is 7.11 Å². The summed E-state index contributed by atoms with van der Waals surface area (Å²) in [7, 11) is -4.43. The molecule has 1 aromatic rings. The van der Waals surface area contributed by atoms with Gasteiger partial charge in [0, 0.05) is 12.0 Å². The number of allylic oxidation sites excluding steroid dienone is 1. The summed E-state index contributed by atoms with van der Waals surface area (Å²) in [5.41, 5.74) is -4.06. The summed E-state index contributed by atoms with van der Waals surface area (Å²) in [6.45, 7) is 0. The first kappa shape index (κ1) is 14.7. The molecule has 1 aliphatic rings. The van der Waals surface area contributed by atoms with E-state index in [0.717, 1.165) is 5.56 Å². The Bertz CT molecular complexity index is 647. The molecular formula is C12H11F3O4S. The second-order valence-electron chi connectivity index (χ2n) is 4.10. The molecule has 0 N–H and O–H groups in total. The average Bonchev–Trinajstić information content (AvgIpc) is 2.36. The van der Waals surface area contributed by atoms with Crippen LogP contribution in [0.2, 0.25) is 0 Å². The van der Waals surface area contributed by atoms with E-state index in [4.69, 9.17) is 4.74 Å². The van der Waals surface area contributed by atoms with E-state index in [1.807, 2.05) is 0 Å². The molecule has 0 saturated carbocycles. The number of benzene rings is 1. The Labute approximate surface area is 113 Å². The van der Waals surface area contributed by atoms with Crippen molar-refractivity contribution >= 4 is 15.9 Å². The standard InChI is InChI=1S/C12H11F3O4S/c1-18-11-9-5-3-2-4-8(9)6-7-10(11)19-20(16,17)12(13,14)15/h2-5H,6-7H2,1H3. The van der Waals surface area contributed by atoms with Crippen LogP contribution in [0.4, 0.5) is 13.2 Å². The second kappa shape index (κ2) is 5.01. The lowest BCUT2D eigenvalue weighted by molar-refractivity contribution is -0.0524. The first-order valence-electron chi connectivity index (χ1n) is 5.62. The number of rotatable bonds is 3. The maximum absolute atomic E-state index is 12.3. The molecule has 0 atom stereocenters. The summed E-state index contributed by atoms with van der Waals surface area (Å²) in [6.07, 6.45) is 0.404. The zero-order valence-electron chi connectivity index (χ0n) is 10.4. The number of methoxy groups -OCH3 is 1. The normalized spacial score (nSPS) is 15.8. The summed E-state index contributed by atoms with van der Waals surface area (Å²) in [5, 5.41) is 0. The van der Waals surface area contributed by atoms with Crippen molar-refractivity contribution in [1.82, 2.24) is 0 Å². The predicted molar refractivity (Wildman–Crippen MR) is 64.8 cm³/mol. The molecule has 110 valence electrons. The van der Waals surface area contributed by atoms with Crippen LogP contribution in [0, 0.1) is 0 Å². The third-order valence-corrected chi connectivity index (χ3v) is 3.82. The fraction of sp³-hybridized carbons (Fsp3) is 0.333. The molecule has 1 aromatic carbocycles. The molecule has 0 saturated heterocycles. The molecule has 0 aliphatic heterocycles. The molecule has 2 rings (SSSR count). The van der Waals surface area contributed by atoms with Crippen molar-refractivity contribution in [1.29, 1.82) is 0 Å². The Hall–Kier alpha value is -1.70. The van der Waals surface area contributed by atoms with Crippen LogP contribution in [0.1, 0.15) is 17.5 Å². The molecule has 0 aromatic heterocycles. The van der Waals surface area contributed by atoms with E-state index in [0.29, 0.717) is 12.0 Å². The molecule has 0 spiro atoms. The van der Waals surface area contributed by atoms with Crippen LogP contribution in [0.25, 0.3) is 5.76 Å². The van der Waals surface area contributed by atoms with Gasteiger partial charge in [0.1, 0.15) is 0 Å². The Balaban J connectivity index is 2.44. The number of hydrogen-bond donors (Lipinski definition) is 0. The molecule has 0 amide bonds. The minimum Gasteiger partial charge on any atom is -0.493 e. The Morgan fingerprint density at radius 2 is 1.80 bits per heavy atom. The Morgan fingerprint density at radius 3 is 2.40 bits per heavy atom. The smallest absolute Gasteiger partial charge is 0.493 e. The lowest BCUT2D eigenvalue weighted by atomic mass is 9.95. The highest BCUT2D eigenvalue weighted by atomic mass is 32.2. The fourth-order valence-corrected chi connectivity index (χ4v) is 2.47. The third-order valence-electron chi connectivity index (χ3n) is 2.83. The lowest BCUT2D eigenvalue weighted by Crippen LogP contribution is -2.26. The molecule has 0 bridgehead atoms. The summed E-state index contributed by atoms with van der Waals surface area (Å²) < 4.78 is 68.3. The van der Waals surface area contributed by atoms with E-state index in [-0.39, 0.29) is 17.9 Å². The van der Waals surface area contributed by atoms with Gasteiger partial charge in [-0.3, -0.25) is 0 Å². The molecule has 8 heteroatoms. The number of ether oxygens (including phenoxy) is 1. The highest BCUT2D eigenvalue weighted by molar-refractivity contribution is 7.87. The van der Waals surface area contributed by atoms with E-state index in [9.17, 15) is 21.6 Å². The van der Waals surface area contributed by atoms with E-state index in [1.165, 1.54) is 7.11 Å². The van der Waals surface area contributed by atoms with Crippen LogP contribution in [0.15, 0.2) is 30.0 Å². The van der Waals surface area contributed by atoms with Gasteiger partial charge in [0.2, 0.25) is 0 Å². The van der Waals surface area contributed by atoms with E-state index in [2.05, 4.69) is 4.18 Å². The number of fused-ring (bicyclic) bond motifs is 1. The number of halogens is 3. The number of alkyl halides is 3. The average molecular weight is 308 g/mol. The van der Waals surface area contributed by atoms with E-state index < -0.39 is 15.6 Å². The van der Waals surface area contributed by atoms with Gasteiger partial charge in [-0.15, -0.1) is 0 Å². The summed E-state index contributed by atoms with van der Waals surface area (Å²) >= 11 is 0. The summed E-state index contributed by atoms with van der Waals surface area (Å²) in [4.78, 5) is 0. The third kappa shape index (κ3) is 2.60. The van der Waals surface area contributed by atoms with Crippen molar-refractivity contribution in [3.05, 3.63) is 41.2 Å². The number of hydrogen-bond acceptors (Lipinski definition) is 4. The molecule has 0 unspecified atom stereocenters. The van der Waals surface area contributed by atoms with Gasteiger partial charge in [-0.1, -0.05) is 24.3 Å². The van der Waals surface area contributed by atoms with Crippen molar-refractivity contribution in [3.8, 4) is 0 Å². The van der Waals surface area contributed by atoms with Crippen LogP contribution in [-0.2, 0) is 25.5 Å². The molecule has 1 aliphatic carbocycles. The van der Waals surface area contributed by atoms with Crippen molar-refractivity contribution < 1.29 is 30.5 Å². The molecular weight excluding hydrogens is 297 g/mol. The van der Waals surface area contributed by atoms with E-state index in [1.54, 1.807) is 24.3 Å². The molecule has 0 heterocycles. The monoisotopic (exact) mass is 308 g/mol. The highest BCUT2D eigenvalue weighted by Crippen LogP contribution is 2.35. The van der Waals surface area contributed by atoms with Crippen LogP contribution >= 0.6 is 0 Å². The van der Waals surface area contributed by atoms with Crippen LogP contribution in [0.5, 0.6) is 0 Å². The maximum Gasteiger partial charge on any atom is 0.534 e. The van der Waals surface area contributed by atoms with Gasteiger partial charge < -0.3 is 8.92 Å². The second-order valence-corrected chi connectivity index (χ2v) is 5.63. The summed E-state index contributed by atoms with van der Waals surface area (Å²) in [6, 6.07) is 6.89. The van der Waals surface area contributed by atoms with Gasteiger partial charge in [0.15, 0.2) is 11.5 Å². The van der Waals surface area contributed by atoms with Gasteiger partial charge >= 0.3 is 15.6 Å². The quantitative estimate of drug-likeness (QED) is 0.636. The van der Waals surface area contributed by atoms with Crippen LogP contribution in [0.3, 0.4) is 0 Å². The molecule has 4 nitrogen and oxygen atoms in total. The van der Waals surface area contributed by atoms with Gasteiger partial charge in [-0.2, -0.15) is 21.6 Å². The van der Waals surface area contributed by atoms with Crippen molar-refractivity contribution in [2.45, 2.75) is 18.3 Å². The van der Waals surface area contributed by atoms with Crippen LogP contribution in [-0.4, -0.2) is 21.0 Å². The zero-order chi connectivity index (χ0) is 15.0. The molecule has 0 radical (unpaired) electrons. The number of aryl methyl sites for hydroxylation is 1. The largest absolute Gasteiger partial charge is 0.534 e. The highest BCUT2D eigenvalue weighted by Gasteiger charge is 2.49. The first-order valence-corrected chi connectivity index (χ1v) is 7.03. The SMILES string of the molecule is COC1=C(OS(=O)(=O)C(F)(F)F)CCc2ccccc21. The molecule has 0 fully saturated rings. The van der Waals surface area contributed by atoms with Gasteiger partial charge in [0.05, 0.1) is 7.11 Å². The Morgan fingerprint density at radius 1 is 1.15 bits per heavy atom. The van der Waals surface area contributed by atoms with Crippen molar-refractivity contribution in [3.63, 3.8) is 0 Å². The predicted octanol–water partition coefficient (Wildman–Crippen LogP) is 2.81. The minimum absolute atomic E-state index is 0.0136. The maximum atomic E-state index is 12.3. The van der Waals surface area contributed by atoms with Crippen molar-refractivity contribution in [2.24, 2.45) is 0 Å². The lowest BCUT2D eigenvalue weighted by Gasteiger charge is -2.22. The van der Waals surface area contributed by atoms with Gasteiger partial charge in [0.25, 0.3) is 0 Å². The topological polar surface area (TPSA) is 52.6 Å². The Kier molecular flexibility index (Phi) is 3.68. The summed E-state index contributed by atoms with van der Waals surface area (Å²) in [5.74, 6) is -0.316. The first-order chi connectivity index (χ1) is 9.26. The van der Waals surface area contributed by atoms with Gasteiger partial charge in [-0.05, 0) is 12.0 Å².